The Hall–Kier alpha value is -2.00. The van der Waals surface area contributed by atoms with Gasteiger partial charge in [-0.1, -0.05) is 0 Å². The van der Waals surface area contributed by atoms with Crippen LogP contribution in [-0.2, 0) is 0 Å². The van der Waals surface area contributed by atoms with Crippen molar-refractivity contribution >= 4 is 11.2 Å². The molecular weight excluding hydrogens is 292 g/mol. The molecule has 0 aliphatic rings. The molecule has 2 aromatic heterocycles. The molecule has 0 amide bonds. The molecule has 0 radical (unpaired) electrons. The fourth-order valence-electron chi connectivity index (χ4n) is 1.64. The van der Waals surface area contributed by atoms with Gasteiger partial charge >= 0.3 is 12.4 Å². The summed E-state index contributed by atoms with van der Waals surface area (Å²) in [5, 5.41) is 0. The highest BCUT2D eigenvalue weighted by atomic mass is 19.4. The van der Waals surface area contributed by atoms with Crippen LogP contribution in [0.2, 0.25) is 0 Å². The minimum atomic E-state index is -5.50. The zero-order chi connectivity index (χ0) is 15.1. The maximum atomic E-state index is 12.6. The second kappa shape index (κ2) is 4.53. The van der Waals surface area contributed by atoms with Crippen molar-refractivity contribution in [3.8, 4) is 5.88 Å². The normalized spacial score (nSPS) is 13.2. The van der Waals surface area contributed by atoms with Crippen molar-refractivity contribution in [3.63, 3.8) is 0 Å². The third-order valence-electron chi connectivity index (χ3n) is 2.48. The van der Waals surface area contributed by atoms with Gasteiger partial charge in [0.25, 0.3) is 0 Å². The standard InChI is InChI=1S/C10H7F6N3O/c1-20-5-3-2-4-7(18-5)19-8(17-4)6(9(11,12)13)10(14,15)16/h2-3,6H,1H3,(H,17,18,19). The molecule has 0 saturated heterocycles. The van der Waals surface area contributed by atoms with Crippen molar-refractivity contribution in [1.29, 1.82) is 0 Å². The van der Waals surface area contributed by atoms with E-state index < -0.39 is 24.1 Å². The first-order valence-electron chi connectivity index (χ1n) is 5.17. The Morgan fingerprint density at radius 2 is 1.65 bits per heavy atom. The van der Waals surface area contributed by atoms with Crippen LogP contribution in [0.3, 0.4) is 0 Å². The summed E-state index contributed by atoms with van der Waals surface area (Å²) in [5.74, 6) is -4.90. The Labute approximate surface area is 107 Å². The minimum Gasteiger partial charge on any atom is -0.481 e. The van der Waals surface area contributed by atoms with Crippen LogP contribution in [0.4, 0.5) is 26.3 Å². The van der Waals surface area contributed by atoms with Gasteiger partial charge in [0.1, 0.15) is 5.82 Å². The van der Waals surface area contributed by atoms with E-state index in [9.17, 15) is 26.3 Å². The SMILES string of the molecule is COc1ccc2[nH]c(C(C(F)(F)F)C(F)(F)F)nc2n1. The van der Waals surface area contributed by atoms with Crippen molar-refractivity contribution in [2.45, 2.75) is 18.3 Å². The highest BCUT2D eigenvalue weighted by Crippen LogP contribution is 2.45. The van der Waals surface area contributed by atoms with Gasteiger partial charge in [0.2, 0.25) is 11.8 Å². The molecule has 2 heterocycles. The van der Waals surface area contributed by atoms with Crippen LogP contribution in [0.25, 0.3) is 11.2 Å². The second-order valence-corrected chi connectivity index (χ2v) is 3.86. The van der Waals surface area contributed by atoms with Gasteiger partial charge in [-0.05, 0) is 6.07 Å². The lowest BCUT2D eigenvalue weighted by Gasteiger charge is -2.20. The fourth-order valence-corrected chi connectivity index (χ4v) is 1.64. The number of H-pyrrole nitrogens is 1. The number of imidazole rings is 1. The highest BCUT2D eigenvalue weighted by Gasteiger charge is 2.59. The van der Waals surface area contributed by atoms with Crippen LogP contribution in [0.1, 0.15) is 11.7 Å². The van der Waals surface area contributed by atoms with E-state index in [1.807, 2.05) is 4.98 Å². The summed E-state index contributed by atoms with van der Waals surface area (Å²) >= 11 is 0. The number of ether oxygens (including phenoxy) is 1. The first-order valence-corrected chi connectivity index (χ1v) is 5.17. The number of nitrogens with zero attached hydrogens (tertiary/aromatic N) is 2. The lowest BCUT2D eigenvalue weighted by Crippen LogP contribution is -2.34. The molecule has 0 aromatic carbocycles. The third-order valence-corrected chi connectivity index (χ3v) is 2.48. The number of pyridine rings is 1. The number of hydrogen-bond acceptors (Lipinski definition) is 3. The average molecular weight is 299 g/mol. The number of methoxy groups -OCH3 is 1. The lowest BCUT2D eigenvalue weighted by molar-refractivity contribution is -0.255. The maximum absolute atomic E-state index is 12.6. The molecule has 10 heteroatoms. The fraction of sp³-hybridized carbons (Fsp3) is 0.400. The first kappa shape index (κ1) is 14.4. The molecule has 0 aliphatic carbocycles. The molecular formula is C10H7F6N3O. The predicted molar refractivity (Wildman–Crippen MR) is 55.3 cm³/mol. The van der Waals surface area contributed by atoms with Crippen LogP contribution < -0.4 is 4.74 Å². The molecule has 0 bridgehead atoms. The Morgan fingerprint density at radius 3 is 2.15 bits per heavy atom. The van der Waals surface area contributed by atoms with Gasteiger partial charge in [-0.2, -0.15) is 31.3 Å². The van der Waals surface area contributed by atoms with Crippen LogP contribution >= 0.6 is 0 Å². The average Bonchev–Trinajstić information content (AvgIpc) is 2.65. The summed E-state index contributed by atoms with van der Waals surface area (Å²) in [5.41, 5.74) is -0.322. The summed E-state index contributed by atoms with van der Waals surface area (Å²) in [7, 11) is 1.26. The topological polar surface area (TPSA) is 50.8 Å². The van der Waals surface area contributed by atoms with Gasteiger partial charge < -0.3 is 9.72 Å². The Morgan fingerprint density at radius 1 is 1.05 bits per heavy atom. The predicted octanol–water partition coefficient (Wildman–Crippen LogP) is 3.17. The Kier molecular flexibility index (Phi) is 3.26. The number of hydrogen-bond donors (Lipinski definition) is 1. The number of aromatic nitrogens is 3. The van der Waals surface area contributed by atoms with Gasteiger partial charge in [-0.15, -0.1) is 0 Å². The van der Waals surface area contributed by atoms with E-state index in [2.05, 4.69) is 9.97 Å². The van der Waals surface area contributed by atoms with Crippen LogP contribution in [0, 0.1) is 0 Å². The maximum Gasteiger partial charge on any atom is 0.407 e. The van der Waals surface area contributed by atoms with Gasteiger partial charge in [0, 0.05) is 6.07 Å². The van der Waals surface area contributed by atoms with E-state index in [0.29, 0.717) is 0 Å². The summed E-state index contributed by atoms with van der Waals surface area (Å²) in [4.78, 5) is 8.92. The number of nitrogens with one attached hydrogen (secondary N) is 1. The van der Waals surface area contributed by atoms with Crippen molar-refractivity contribution in [3.05, 3.63) is 18.0 Å². The van der Waals surface area contributed by atoms with E-state index in [-0.39, 0.29) is 17.0 Å². The van der Waals surface area contributed by atoms with Crippen molar-refractivity contribution in [2.75, 3.05) is 7.11 Å². The molecule has 0 spiro atoms. The zero-order valence-corrected chi connectivity index (χ0v) is 9.80. The molecule has 0 unspecified atom stereocenters. The monoisotopic (exact) mass is 299 g/mol. The number of alkyl halides is 6. The molecule has 2 aromatic rings. The second-order valence-electron chi connectivity index (χ2n) is 3.86. The molecule has 0 saturated carbocycles. The van der Waals surface area contributed by atoms with E-state index >= 15 is 0 Å². The summed E-state index contributed by atoms with van der Waals surface area (Å²) in [6.45, 7) is 0. The smallest absolute Gasteiger partial charge is 0.407 e. The van der Waals surface area contributed by atoms with Crippen molar-refractivity contribution in [2.24, 2.45) is 0 Å². The van der Waals surface area contributed by atoms with Crippen molar-refractivity contribution in [1.82, 2.24) is 15.0 Å². The van der Waals surface area contributed by atoms with E-state index in [1.54, 1.807) is 0 Å². The number of rotatable bonds is 2. The molecule has 1 N–H and O–H groups in total. The van der Waals surface area contributed by atoms with E-state index in [4.69, 9.17) is 4.74 Å². The summed E-state index contributed by atoms with van der Waals surface area (Å²) in [6.07, 6.45) is -11.0. The first-order chi connectivity index (χ1) is 9.13. The molecule has 0 aliphatic heterocycles. The number of aromatic amines is 1. The molecule has 4 nitrogen and oxygen atoms in total. The lowest BCUT2D eigenvalue weighted by atomic mass is 10.1. The van der Waals surface area contributed by atoms with Gasteiger partial charge in [-0.25, -0.2) is 4.98 Å². The van der Waals surface area contributed by atoms with Gasteiger partial charge in [-0.3, -0.25) is 0 Å². The minimum absolute atomic E-state index is 0.0334. The highest BCUT2D eigenvalue weighted by molar-refractivity contribution is 5.71. The quantitative estimate of drug-likeness (QED) is 0.867. The van der Waals surface area contributed by atoms with E-state index in [1.165, 1.54) is 19.2 Å². The van der Waals surface area contributed by atoms with Gasteiger partial charge in [0.15, 0.2) is 5.65 Å². The number of halogens is 6. The molecule has 110 valence electrons. The van der Waals surface area contributed by atoms with Crippen LogP contribution in [0.5, 0.6) is 5.88 Å². The van der Waals surface area contributed by atoms with E-state index in [0.717, 1.165) is 0 Å². The largest absolute Gasteiger partial charge is 0.481 e. The molecule has 0 atom stereocenters. The molecule has 0 fully saturated rings. The van der Waals surface area contributed by atoms with Gasteiger partial charge in [0.05, 0.1) is 12.6 Å². The summed E-state index contributed by atoms with van der Waals surface area (Å²) < 4.78 is 80.0. The Bertz CT molecular complexity index is 603. The summed E-state index contributed by atoms with van der Waals surface area (Å²) in [6, 6.07) is 2.53. The Balaban J connectivity index is 2.55. The van der Waals surface area contributed by atoms with Crippen molar-refractivity contribution < 1.29 is 31.1 Å². The molecule has 20 heavy (non-hydrogen) atoms. The van der Waals surface area contributed by atoms with Crippen LogP contribution in [0.15, 0.2) is 12.1 Å². The zero-order valence-electron chi connectivity index (χ0n) is 9.80. The molecule has 2 rings (SSSR count). The van der Waals surface area contributed by atoms with Crippen LogP contribution in [-0.4, -0.2) is 34.4 Å². The third kappa shape index (κ3) is 2.63. The number of fused-ring (bicyclic) bond motifs is 1.